The lowest BCUT2D eigenvalue weighted by Gasteiger charge is -2.33. The minimum absolute atomic E-state index is 0.00988. The maximum absolute atomic E-state index is 13.7. The molecule has 0 bridgehead atoms. The molecule has 2 aliphatic heterocycles. The fourth-order valence-electron chi connectivity index (χ4n) is 3.49. The lowest BCUT2D eigenvalue weighted by Crippen LogP contribution is -2.48. The number of carboxylic acid groups (broad SMARTS) is 1. The number of carbonyl (C=O) groups excluding carboxylic acids is 1. The highest BCUT2D eigenvalue weighted by molar-refractivity contribution is 6.30. The summed E-state index contributed by atoms with van der Waals surface area (Å²) >= 11 is 5.71. The molecule has 142 valence electrons. The summed E-state index contributed by atoms with van der Waals surface area (Å²) in [6, 6.07) is 4.35. The molecule has 0 aliphatic carbocycles. The van der Waals surface area contributed by atoms with E-state index in [0.29, 0.717) is 44.6 Å². The van der Waals surface area contributed by atoms with E-state index in [9.17, 15) is 19.1 Å². The Balaban J connectivity index is 1.68. The van der Waals surface area contributed by atoms with Crippen LogP contribution in [0.5, 0.6) is 0 Å². The quantitative estimate of drug-likeness (QED) is 0.813. The van der Waals surface area contributed by atoms with Crippen molar-refractivity contribution >= 4 is 23.5 Å². The molecule has 8 heteroatoms. The number of amides is 1. The van der Waals surface area contributed by atoms with Gasteiger partial charge >= 0.3 is 5.97 Å². The van der Waals surface area contributed by atoms with Crippen molar-refractivity contribution in [1.29, 1.82) is 0 Å². The normalized spacial score (nSPS) is 25.0. The van der Waals surface area contributed by atoms with Crippen molar-refractivity contribution in [3.8, 4) is 0 Å². The molecule has 0 aromatic heterocycles. The molecule has 26 heavy (non-hydrogen) atoms. The van der Waals surface area contributed by atoms with Gasteiger partial charge in [-0.05, 0) is 37.0 Å². The Morgan fingerprint density at radius 3 is 2.69 bits per heavy atom. The predicted molar refractivity (Wildman–Crippen MR) is 91.3 cm³/mol. The Hall–Kier alpha value is -1.70. The van der Waals surface area contributed by atoms with Crippen molar-refractivity contribution < 1.29 is 28.6 Å². The van der Waals surface area contributed by atoms with Crippen LogP contribution in [-0.2, 0) is 19.1 Å². The lowest BCUT2D eigenvalue weighted by molar-refractivity contribution is -0.154. The predicted octanol–water partition coefficient (Wildman–Crippen LogP) is 2.55. The van der Waals surface area contributed by atoms with Gasteiger partial charge in [0.1, 0.15) is 5.82 Å². The summed E-state index contributed by atoms with van der Waals surface area (Å²) in [5.74, 6) is -2.28. The van der Waals surface area contributed by atoms with Gasteiger partial charge in [0.25, 0.3) is 0 Å². The molecule has 3 rings (SSSR count). The Morgan fingerprint density at radius 1 is 1.31 bits per heavy atom. The van der Waals surface area contributed by atoms with Gasteiger partial charge in [0.15, 0.2) is 0 Å². The zero-order valence-corrected chi connectivity index (χ0v) is 14.9. The lowest BCUT2D eigenvalue weighted by atomic mass is 9.80. The average Bonchev–Trinajstić information content (AvgIpc) is 3.12. The standard InChI is InChI=1S/C18H21ClFNO5/c19-13-2-1-11(9-14(13)20)15-12(3-6-26-15)16(22)21-10-18(17(23)24)4-7-25-8-5-18/h1-2,9,12,15H,3-8,10H2,(H,21,22)(H,23,24)/t12-,15+/m1/s1. The Kier molecular flexibility index (Phi) is 5.79. The molecule has 1 aromatic rings. The van der Waals surface area contributed by atoms with E-state index in [2.05, 4.69) is 5.32 Å². The molecule has 0 unspecified atom stereocenters. The molecule has 0 radical (unpaired) electrons. The number of benzene rings is 1. The van der Waals surface area contributed by atoms with Crippen molar-refractivity contribution in [2.24, 2.45) is 11.3 Å². The molecule has 2 fully saturated rings. The van der Waals surface area contributed by atoms with Crippen molar-refractivity contribution in [1.82, 2.24) is 5.32 Å². The van der Waals surface area contributed by atoms with E-state index < -0.39 is 29.2 Å². The van der Waals surface area contributed by atoms with Gasteiger partial charge in [-0.3, -0.25) is 9.59 Å². The van der Waals surface area contributed by atoms with Crippen LogP contribution in [0.4, 0.5) is 4.39 Å². The van der Waals surface area contributed by atoms with E-state index >= 15 is 0 Å². The van der Waals surface area contributed by atoms with Crippen LogP contribution in [0.2, 0.25) is 5.02 Å². The summed E-state index contributed by atoms with van der Waals surface area (Å²) in [5.41, 5.74) is -0.460. The van der Waals surface area contributed by atoms with Crippen LogP contribution < -0.4 is 5.32 Å². The van der Waals surface area contributed by atoms with Gasteiger partial charge in [-0.1, -0.05) is 17.7 Å². The number of aliphatic carboxylic acids is 1. The Morgan fingerprint density at radius 2 is 2.04 bits per heavy atom. The van der Waals surface area contributed by atoms with Gasteiger partial charge in [0.2, 0.25) is 5.91 Å². The van der Waals surface area contributed by atoms with Crippen LogP contribution in [0.3, 0.4) is 0 Å². The highest BCUT2D eigenvalue weighted by atomic mass is 35.5. The number of rotatable bonds is 5. The van der Waals surface area contributed by atoms with Gasteiger partial charge in [-0.2, -0.15) is 0 Å². The first kappa shape index (κ1) is 19.1. The Labute approximate surface area is 155 Å². The molecule has 6 nitrogen and oxygen atoms in total. The van der Waals surface area contributed by atoms with E-state index in [-0.39, 0.29) is 17.5 Å². The number of ether oxygens (including phenoxy) is 2. The molecule has 1 aromatic carbocycles. The zero-order chi connectivity index (χ0) is 18.7. The third-order valence-electron chi connectivity index (χ3n) is 5.21. The topological polar surface area (TPSA) is 84.9 Å². The van der Waals surface area contributed by atoms with E-state index in [1.54, 1.807) is 6.07 Å². The largest absolute Gasteiger partial charge is 0.481 e. The van der Waals surface area contributed by atoms with E-state index in [4.69, 9.17) is 21.1 Å². The highest BCUT2D eigenvalue weighted by Gasteiger charge is 2.42. The molecule has 0 spiro atoms. The fraction of sp³-hybridized carbons (Fsp3) is 0.556. The van der Waals surface area contributed by atoms with E-state index in [1.165, 1.54) is 12.1 Å². The number of halogens is 2. The minimum atomic E-state index is -1.00. The molecule has 0 saturated carbocycles. The summed E-state index contributed by atoms with van der Waals surface area (Å²) in [6.07, 6.45) is 0.632. The van der Waals surface area contributed by atoms with Crippen LogP contribution in [-0.4, -0.2) is 43.3 Å². The third-order valence-corrected chi connectivity index (χ3v) is 5.51. The number of carboxylic acids is 1. The zero-order valence-electron chi connectivity index (χ0n) is 14.2. The van der Waals surface area contributed by atoms with Gasteiger partial charge < -0.3 is 19.9 Å². The second kappa shape index (κ2) is 7.90. The van der Waals surface area contributed by atoms with Crippen molar-refractivity contribution in [2.75, 3.05) is 26.4 Å². The summed E-state index contributed by atoms with van der Waals surface area (Å²) in [5, 5.41) is 12.3. The fourth-order valence-corrected chi connectivity index (χ4v) is 3.61. The first-order chi connectivity index (χ1) is 12.4. The van der Waals surface area contributed by atoms with Crippen LogP contribution >= 0.6 is 11.6 Å². The van der Waals surface area contributed by atoms with E-state index in [0.717, 1.165) is 0 Å². The van der Waals surface area contributed by atoms with E-state index in [1.807, 2.05) is 0 Å². The highest BCUT2D eigenvalue weighted by Crippen LogP contribution is 2.36. The molecular weight excluding hydrogens is 365 g/mol. The van der Waals surface area contributed by atoms with Crippen molar-refractivity contribution in [3.63, 3.8) is 0 Å². The number of hydrogen-bond donors (Lipinski definition) is 2. The SMILES string of the molecule is O=C(NCC1(C(=O)O)CCOCC1)[C@@H]1CCO[C@H]1c1ccc(Cl)c(F)c1. The first-order valence-corrected chi connectivity index (χ1v) is 8.96. The monoisotopic (exact) mass is 385 g/mol. The van der Waals surface area contributed by atoms with Crippen molar-refractivity contribution in [2.45, 2.75) is 25.4 Å². The summed E-state index contributed by atoms with van der Waals surface area (Å²) < 4.78 is 24.6. The minimum Gasteiger partial charge on any atom is -0.481 e. The molecular formula is C18H21ClFNO5. The maximum Gasteiger partial charge on any atom is 0.311 e. The van der Waals surface area contributed by atoms with Gasteiger partial charge in [0, 0.05) is 26.4 Å². The second-order valence-electron chi connectivity index (χ2n) is 6.78. The van der Waals surface area contributed by atoms with Crippen LogP contribution in [0.25, 0.3) is 0 Å². The molecule has 2 atom stereocenters. The van der Waals surface area contributed by atoms with Gasteiger partial charge in [-0.15, -0.1) is 0 Å². The van der Waals surface area contributed by atoms with Crippen LogP contribution in [0, 0.1) is 17.2 Å². The number of hydrogen-bond acceptors (Lipinski definition) is 4. The molecule has 1 amide bonds. The summed E-state index contributed by atoms with van der Waals surface area (Å²) in [6.45, 7) is 1.15. The summed E-state index contributed by atoms with van der Waals surface area (Å²) in [7, 11) is 0. The first-order valence-electron chi connectivity index (χ1n) is 8.58. The molecule has 2 N–H and O–H groups in total. The van der Waals surface area contributed by atoms with Gasteiger partial charge in [-0.25, -0.2) is 4.39 Å². The van der Waals surface area contributed by atoms with Crippen LogP contribution in [0.15, 0.2) is 18.2 Å². The maximum atomic E-state index is 13.7. The number of nitrogens with one attached hydrogen (secondary N) is 1. The summed E-state index contributed by atoms with van der Waals surface area (Å²) in [4.78, 5) is 24.3. The smallest absolute Gasteiger partial charge is 0.311 e. The van der Waals surface area contributed by atoms with Crippen molar-refractivity contribution in [3.05, 3.63) is 34.6 Å². The Bertz CT molecular complexity index is 692. The molecule has 2 heterocycles. The number of carbonyl (C=O) groups is 2. The molecule has 2 aliphatic rings. The van der Waals surface area contributed by atoms with Crippen LogP contribution in [0.1, 0.15) is 30.9 Å². The average molecular weight is 386 g/mol. The molecule has 2 saturated heterocycles. The second-order valence-corrected chi connectivity index (χ2v) is 7.18. The third kappa shape index (κ3) is 3.84. The van der Waals surface area contributed by atoms with Gasteiger partial charge in [0.05, 0.1) is 22.5 Å².